The molecule has 0 saturated carbocycles. The molecule has 3 unspecified atom stereocenters. The monoisotopic (exact) mass is 276 g/mol. The van der Waals surface area contributed by atoms with Crippen molar-refractivity contribution in [2.24, 2.45) is 5.92 Å². The Morgan fingerprint density at radius 3 is 2.84 bits per heavy atom. The highest BCUT2D eigenvalue weighted by Gasteiger charge is 2.42. The fourth-order valence-electron chi connectivity index (χ4n) is 3.10. The van der Waals surface area contributed by atoms with Crippen LogP contribution in [0.2, 0.25) is 0 Å². The number of carbonyl (C=O) groups excluding carboxylic acids is 1. The van der Waals surface area contributed by atoms with Gasteiger partial charge in [0.05, 0.1) is 5.92 Å². The van der Waals surface area contributed by atoms with Crippen LogP contribution in [0.15, 0.2) is 35.2 Å². The van der Waals surface area contributed by atoms with Crippen LogP contribution in [0.4, 0.5) is 0 Å². The van der Waals surface area contributed by atoms with Crippen molar-refractivity contribution in [1.29, 1.82) is 0 Å². The summed E-state index contributed by atoms with van der Waals surface area (Å²) in [6, 6.07) is 11.3. The van der Waals surface area contributed by atoms with E-state index >= 15 is 0 Å². The van der Waals surface area contributed by atoms with Crippen molar-refractivity contribution in [3.8, 4) is 0 Å². The van der Waals surface area contributed by atoms with E-state index in [1.165, 1.54) is 17.7 Å². The van der Waals surface area contributed by atoms with Gasteiger partial charge in [-0.05, 0) is 31.4 Å². The van der Waals surface area contributed by atoms with Gasteiger partial charge in [-0.3, -0.25) is 4.79 Å². The van der Waals surface area contributed by atoms with E-state index < -0.39 is 0 Å². The lowest BCUT2D eigenvalue weighted by Gasteiger charge is -2.19. The number of rotatable bonds is 5. The minimum Gasteiger partial charge on any atom is -0.355 e. The maximum atomic E-state index is 12.1. The highest BCUT2D eigenvalue weighted by atomic mass is 32.2. The van der Waals surface area contributed by atoms with E-state index in [2.05, 4.69) is 22.8 Å². The molecule has 0 aliphatic carbocycles. The van der Waals surface area contributed by atoms with Crippen LogP contribution >= 0.6 is 11.8 Å². The smallest absolute Gasteiger partial charge is 0.224 e. The predicted molar refractivity (Wildman–Crippen MR) is 78.2 cm³/mol. The molecule has 2 heterocycles. The van der Waals surface area contributed by atoms with Gasteiger partial charge < -0.3 is 10.6 Å². The van der Waals surface area contributed by atoms with Crippen LogP contribution in [-0.4, -0.2) is 30.3 Å². The van der Waals surface area contributed by atoms with Crippen molar-refractivity contribution in [3.05, 3.63) is 30.3 Å². The summed E-state index contributed by atoms with van der Waals surface area (Å²) in [5.74, 6) is 1.39. The molecule has 0 aromatic heterocycles. The number of benzene rings is 1. The summed E-state index contributed by atoms with van der Waals surface area (Å²) in [7, 11) is 0. The molecule has 2 saturated heterocycles. The van der Waals surface area contributed by atoms with Crippen LogP contribution in [0.1, 0.15) is 19.3 Å². The standard InChI is InChI=1S/C15H20N2OS/c18-15(13-10-11-6-7-14(13)17-11)16-8-9-19-12-4-2-1-3-5-12/h1-5,11,13-14,17H,6-10H2,(H,16,18). The Hall–Kier alpha value is -1.00. The first-order valence-corrected chi connectivity index (χ1v) is 8.03. The quantitative estimate of drug-likeness (QED) is 0.639. The van der Waals surface area contributed by atoms with Gasteiger partial charge in [0.1, 0.15) is 0 Å². The Balaban J connectivity index is 1.37. The Bertz CT molecular complexity index is 437. The average molecular weight is 276 g/mol. The SMILES string of the molecule is O=C(NCCSc1ccccc1)C1CC2CCC1N2. The van der Waals surface area contributed by atoms with Crippen molar-refractivity contribution in [3.63, 3.8) is 0 Å². The van der Waals surface area contributed by atoms with E-state index in [1.807, 2.05) is 18.2 Å². The van der Waals surface area contributed by atoms with Gasteiger partial charge in [-0.1, -0.05) is 18.2 Å². The third-order valence-electron chi connectivity index (χ3n) is 4.05. The maximum absolute atomic E-state index is 12.1. The second kappa shape index (κ2) is 5.97. The molecule has 0 radical (unpaired) electrons. The van der Waals surface area contributed by atoms with Gasteiger partial charge >= 0.3 is 0 Å². The first-order chi connectivity index (χ1) is 9.33. The van der Waals surface area contributed by atoms with E-state index in [0.717, 1.165) is 18.7 Å². The Morgan fingerprint density at radius 1 is 1.32 bits per heavy atom. The van der Waals surface area contributed by atoms with Gasteiger partial charge in [0.25, 0.3) is 0 Å². The number of fused-ring (bicyclic) bond motifs is 2. The van der Waals surface area contributed by atoms with Crippen LogP contribution in [0.25, 0.3) is 0 Å². The van der Waals surface area contributed by atoms with Crippen LogP contribution in [-0.2, 0) is 4.79 Å². The van der Waals surface area contributed by atoms with Crippen LogP contribution in [0.3, 0.4) is 0 Å². The van der Waals surface area contributed by atoms with Gasteiger partial charge in [-0.2, -0.15) is 0 Å². The number of amides is 1. The number of hydrogen-bond acceptors (Lipinski definition) is 3. The number of hydrogen-bond donors (Lipinski definition) is 2. The summed E-state index contributed by atoms with van der Waals surface area (Å²) >= 11 is 1.79. The van der Waals surface area contributed by atoms with Crippen LogP contribution < -0.4 is 10.6 Å². The number of thioether (sulfide) groups is 1. The van der Waals surface area contributed by atoms with Gasteiger partial charge in [0.15, 0.2) is 0 Å². The van der Waals surface area contributed by atoms with Gasteiger partial charge in [0.2, 0.25) is 5.91 Å². The normalized spacial score (nSPS) is 28.5. The molecule has 1 amide bonds. The zero-order chi connectivity index (χ0) is 13.1. The minimum absolute atomic E-state index is 0.209. The lowest BCUT2D eigenvalue weighted by molar-refractivity contribution is -0.125. The van der Waals surface area contributed by atoms with Crippen molar-refractivity contribution in [1.82, 2.24) is 10.6 Å². The molecule has 3 rings (SSSR count). The average Bonchev–Trinajstić information content (AvgIpc) is 3.07. The van der Waals surface area contributed by atoms with E-state index in [9.17, 15) is 4.79 Å². The molecule has 2 bridgehead atoms. The molecule has 3 atom stereocenters. The van der Waals surface area contributed by atoms with E-state index in [1.54, 1.807) is 11.8 Å². The molecule has 3 nitrogen and oxygen atoms in total. The molecule has 2 fully saturated rings. The topological polar surface area (TPSA) is 41.1 Å². The van der Waals surface area contributed by atoms with Gasteiger partial charge in [-0.15, -0.1) is 11.8 Å². The zero-order valence-electron chi connectivity index (χ0n) is 11.0. The fraction of sp³-hybridized carbons (Fsp3) is 0.533. The molecule has 0 spiro atoms. The largest absolute Gasteiger partial charge is 0.355 e. The molecule has 1 aromatic rings. The summed E-state index contributed by atoms with van der Waals surface area (Å²) in [5, 5.41) is 6.59. The third-order valence-corrected chi connectivity index (χ3v) is 5.06. The van der Waals surface area contributed by atoms with Crippen LogP contribution in [0.5, 0.6) is 0 Å². The molecular formula is C15H20N2OS. The van der Waals surface area contributed by atoms with E-state index in [4.69, 9.17) is 0 Å². The zero-order valence-corrected chi connectivity index (χ0v) is 11.8. The fourth-order valence-corrected chi connectivity index (χ4v) is 3.89. The van der Waals surface area contributed by atoms with Crippen molar-refractivity contribution in [2.75, 3.05) is 12.3 Å². The second-order valence-corrected chi connectivity index (χ2v) is 6.51. The first kappa shape index (κ1) is 13.0. The van der Waals surface area contributed by atoms with Crippen molar-refractivity contribution < 1.29 is 4.79 Å². The summed E-state index contributed by atoms with van der Waals surface area (Å²) in [6.07, 6.45) is 3.45. The molecule has 2 aliphatic heterocycles. The highest BCUT2D eigenvalue weighted by Crippen LogP contribution is 2.33. The molecule has 4 heteroatoms. The Labute approximate surface area is 118 Å². The van der Waals surface area contributed by atoms with E-state index in [-0.39, 0.29) is 11.8 Å². The van der Waals surface area contributed by atoms with Crippen molar-refractivity contribution in [2.45, 2.75) is 36.2 Å². The summed E-state index contributed by atoms with van der Waals surface area (Å²) in [4.78, 5) is 13.3. The molecule has 2 N–H and O–H groups in total. The molecule has 2 aliphatic rings. The molecule has 102 valence electrons. The van der Waals surface area contributed by atoms with E-state index in [0.29, 0.717) is 12.1 Å². The summed E-state index contributed by atoms with van der Waals surface area (Å²) < 4.78 is 0. The first-order valence-electron chi connectivity index (χ1n) is 7.04. The van der Waals surface area contributed by atoms with Crippen LogP contribution in [0, 0.1) is 5.92 Å². The minimum atomic E-state index is 0.209. The number of nitrogens with one attached hydrogen (secondary N) is 2. The van der Waals surface area contributed by atoms with Crippen molar-refractivity contribution >= 4 is 17.7 Å². The summed E-state index contributed by atoms with van der Waals surface area (Å²) in [5.41, 5.74) is 0. The molecular weight excluding hydrogens is 256 g/mol. The highest BCUT2D eigenvalue weighted by molar-refractivity contribution is 7.99. The number of carbonyl (C=O) groups is 1. The third kappa shape index (κ3) is 3.12. The molecule has 1 aromatic carbocycles. The van der Waals surface area contributed by atoms with Gasteiger partial charge in [-0.25, -0.2) is 0 Å². The molecule has 19 heavy (non-hydrogen) atoms. The summed E-state index contributed by atoms with van der Waals surface area (Å²) in [6.45, 7) is 0.756. The Morgan fingerprint density at radius 2 is 2.16 bits per heavy atom. The lowest BCUT2D eigenvalue weighted by Crippen LogP contribution is -2.38. The lowest BCUT2D eigenvalue weighted by atomic mass is 9.88. The predicted octanol–water partition coefficient (Wildman–Crippen LogP) is 2.04. The second-order valence-electron chi connectivity index (χ2n) is 5.34. The maximum Gasteiger partial charge on any atom is 0.224 e. The van der Waals surface area contributed by atoms with Gasteiger partial charge in [0, 0.05) is 29.3 Å². The Kier molecular flexibility index (Phi) is 4.09.